The standard InChI is InChI=1S/C15H32N2O/c1-4-6-11-18-12-10-17-13-15(7-5-2)16-9-8-14(17)3/h14-16H,4-13H2,1-3H3. The molecule has 1 aliphatic rings. The highest BCUT2D eigenvalue weighted by Crippen LogP contribution is 2.11. The monoisotopic (exact) mass is 256 g/mol. The van der Waals surface area contributed by atoms with Crippen molar-refractivity contribution in [2.75, 3.05) is 32.8 Å². The van der Waals surface area contributed by atoms with Crippen LogP contribution in [0.1, 0.15) is 52.9 Å². The maximum absolute atomic E-state index is 5.70. The van der Waals surface area contributed by atoms with E-state index in [2.05, 4.69) is 31.0 Å². The number of ether oxygens (including phenoxy) is 1. The van der Waals surface area contributed by atoms with Crippen LogP contribution in [0.25, 0.3) is 0 Å². The summed E-state index contributed by atoms with van der Waals surface area (Å²) in [4.78, 5) is 2.60. The lowest BCUT2D eigenvalue weighted by atomic mass is 10.1. The van der Waals surface area contributed by atoms with Crippen molar-refractivity contribution in [2.45, 2.75) is 65.0 Å². The van der Waals surface area contributed by atoms with E-state index in [1.54, 1.807) is 0 Å². The summed E-state index contributed by atoms with van der Waals surface area (Å²) in [5.74, 6) is 0. The first kappa shape index (κ1) is 15.9. The molecule has 2 unspecified atom stereocenters. The lowest BCUT2D eigenvalue weighted by molar-refractivity contribution is 0.0867. The first-order chi connectivity index (χ1) is 8.77. The van der Waals surface area contributed by atoms with Gasteiger partial charge in [-0.1, -0.05) is 26.7 Å². The van der Waals surface area contributed by atoms with Gasteiger partial charge in [-0.05, 0) is 32.7 Å². The average molecular weight is 256 g/mol. The highest BCUT2D eigenvalue weighted by molar-refractivity contribution is 4.80. The molecular formula is C15H32N2O. The number of hydrogen-bond donors (Lipinski definition) is 1. The summed E-state index contributed by atoms with van der Waals surface area (Å²) in [7, 11) is 0. The molecule has 1 saturated heterocycles. The van der Waals surface area contributed by atoms with Gasteiger partial charge in [-0.25, -0.2) is 0 Å². The van der Waals surface area contributed by atoms with E-state index in [1.807, 2.05) is 0 Å². The molecule has 0 radical (unpaired) electrons. The summed E-state index contributed by atoms with van der Waals surface area (Å²) in [6.45, 7) is 12.1. The molecule has 1 heterocycles. The topological polar surface area (TPSA) is 24.5 Å². The molecule has 1 N–H and O–H groups in total. The van der Waals surface area contributed by atoms with E-state index in [-0.39, 0.29) is 0 Å². The van der Waals surface area contributed by atoms with Crippen LogP contribution in [0.5, 0.6) is 0 Å². The molecule has 0 aromatic carbocycles. The number of unbranched alkanes of at least 4 members (excludes halogenated alkanes) is 1. The average Bonchev–Trinajstić information content (AvgIpc) is 2.52. The van der Waals surface area contributed by atoms with E-state index >= 15 is 0 Å². The Balaban J connectivity index is 2.25. The Kier molecular flexibility index (Phi) is 8.64. The molecule has 0 aromatic heterocycles. The number of rotatable bonds is 8. The second-order valence-corrected chi connectivity index (χ2v) is 5.54. The highest BCUT2D eigenvalue weighted by atomic mass is 16.5. The maximum atomic E-state index is 5.70. The van der Waals surface area contributed by atoms with Crippen molar-refractivity contribution < 1.29 is 4.74 Å². The summed E-state index contributed by atoms with van der Waals surface area (Å²) < 4.78 is 5.70. The molecule has 1 fully saturated rings. The smallest absolute Gasteiger partial charge is 0.0593 e. The van der Waals surface area contributed by atoms with Crippen LogP contribution in [0.2, 0.25) is 0 Å². The first-order valence-electron chi connectivity index (χ1n) is 7.83. The van der Waals surface area contributed by atoms with Crippen LogP contribution in [0.3, 0.4) is 0 Å². The zero-order valence-electron chi connectivity index (χ0n) is 12.6. The van der Waals surface area contributed by atoms with Crippen molar-refractivity contribution in [1.82, 2.24) is 10.2 Å². The molecule has 18 heavy (non-hydrogen) atoms. The van der Waals surface area contributed by atoms with Crippen molar-refractivity contribution in [3.8, 4) is 0 Å². The molecule has 0 spiro atoms. The molecule has 3 heteroatoms. The Hall–Kier alpha value is -0.120. The van der Waals surface area contributed by atoms with Crippen molar-refractivity contribution in [1.29, 1.82) is 0 Å². The van der Waals surface area contributed by atoms with Gasteiger partial charge in [0.05, 0.1) is 6.61 Å². The predicted molar refractivity (Wildman–Crippen MR) is 78.1 cm³/mol. The largest absolute Gasteiger partial charge is 0.380 e. The third kappa shape index (κ3) is 6.17. The Bertz CT molecular complexity index is 199. The summed E-state index contributed by atoms with van der Waals surface area (Å²) in [6, 6.07) is 1.37. The molecule has 0 aliphatic carbocycles. The van der Waals surface area contributed by atoms with E-state index < -0.39 is 0 Å². The first-order valence-corrected chi connectivity index (χ1v) is 7.83. The highest BCUT2D eigenvalue weighted by Gasteiger charge is 2.21. The zero-order chi connectivity index (χ0) is 13.2. The molecule has 0 aromatic rings. The number of hydrogen-bond acceptors (Lipinski definition) is 3. The van der Waals surface area contributed by atoms with Gasteiger partial charge in [-0.3, -0.25) is 4.90 Å². The summed E-state index contributed by atoms with van der Waals surface area (Å²) in [5, 5.41) is 3.67. The van der Waals surface area contributed by atoms with Crippen molar-refractivity contribution >= 4 is 0 Å². The van der Waals surface area contributed by atoms with Crippen LogP contribution in [-0.4, -0.2) is 49.8 Å². The minimum absolute atomic E-state index is 0.676. The Morgan fingerprint density at radius 1 is 1.22 bits per heavy atom. The summed E-state index contributed by atoms with van der Waals surface area (Å²) in [5.41, 5.74) is 0. The van der Waals surface area contributed by atoms with E-state index in [4.69, 9.17) is 4.74 Å². The van der Waals surface area contributed by atoms with E-state index in [0.717, 1.165) is 19.8 Å². The van der Waals surface area contributed by atoms with Gasteiger partial charge in [0.2, 0.25) is 0 Å². The second kappa shape index (κ2) is 9.76. The van der Waals surface area contributed by atoms with Gasteiger partial charge in [-0.2, -0.15) is 0 Å². The molecule has 108 valence electrons. The third-order valence-electron chi connectivity index (χ3n) is 3.88. The molecule has 1 rings (SSSR count). The van der Waals surface area contributed by atoms with Gasteiger partial charge in [0.15, 0.2) is 0 Å². The predicted octanol–water partition coefficient (Wildman–Crippen LogP) is 2.66. The fourth-order valence-corrected chi connectivity index (χ4v) is 2.59. The van der Waals surface area contributed by atoms with Gasteiger partial charge in [0, 0.05) is 31.8 Å². The minimum Gasteiger partial charge on any atom is -0.380 e. The van der Waals surface area contributed by atoms with Gasteiger partial charge in [-0.15, -0.1) is 0 Å². The lowest BCUT2D eigenvalue weighted by Crippen LogP contribution is -2.41. The summed E-state index contributed by atoms with van der Waals surface area (Å²) in [6.07, 6.45) is 6.24. The van der Waals surface area contributed by atoms with E-state index in [0.29, 0.717) is 12.1 Å². The molecule has 2 atom stereocenters. The zero-order valence-corrected chi connectivity index (χ0v) is 12.6. The number of nitrogens with one attached hydrogen (secondary N) is 1. The molecule has 0 amide bonds. The third-order valence-corrected chi connectivity index (χ3v) is 3.88. The number of nitrogens with zero attached hydrogens (tertiary/aromatic N) is 1. The maximum Gasteiger partial charge on any atom is 0.0593 e. The van der Waals surface area contributed by atoms with Crippen molar-refractivity contribution in [3.05, 3.63) is 0 Å². The van der Waals surface area contributed by atoms with Gasteiger partial charge < -0.3 is 10.1 Å². The van der Waals surface area contributed by atoms with Crippen LogP contribution in [0.15, 0.2) is 0 Å². The van der Waals surface area contributed by atoms with Crippen molar-refractivity contribution in [3.63, 3.8) is 0 Å². The molecule has 1 aliphatic heterocycles. The molecule has 0 saturated carbocycles. The van der Waals surface area contributed by atoms with Crippen molar-refractivity contribution in [2.24, 2.45) is 0 Å². The van der Waals surface area contributed by atoms with Crippen LogP contribution in [0, 0.1) is 0 Å². The second-order valence-electron chi connectivity index (χ2n) is 5.54. The van der Waals surface area contributed by atoms with Crippen LogP contribution in [-0.2, 0) is 4.74 Å². The minimum atomic E-state index is 0.676. The van der Waals surface area contributed by atoms with Crippen LogP contribution < -0.4 is 5.32 Å². The summed E-state index contributed by atoms with van der Waals surface area (Å²) >= 11 is 0. The van der Waals surface area contributed by atoms with Crippen LogP contribution >= 0.6 is 0 Å². The van der Waals surface area contributed by atoms with E-state index in [9.17, 15) is 0 Å². The Labute approximate surface area is 113 Å². The molecule has 0 bridgehead atoms. The fourth-order valence-electron chi connectivity index (χ4n) is 2.59. The van der Waals surface area contributed by atoms with Gasteiger partial charge in [0.1, 0.15) is 0 Å². The van der Waals surface area contributed by atoms with Gasteiger partial charge in [0.25, 0.3) is 0 Å². The van der Waals surface area contributed by atoms with Crippen LogP contribution in [0.4, 0.5) is 0 Å². The SMILES string of the molecule is CCCCOCCN1CC(CCC)NCCC1C. The quantitative estimate of drug-likeness (QED) is 0.676. The van der Waals surface area contributed by atoms with E-state index in [1.165, 1.54) is 45.2 Å². The van der Waals surface area contributed by atoms with Gasteiger partial charge >= 0.3 is 0 Å². The Morgan fingerprint density at radius 2 is 2.06 bits per heavy atom. The lowest BCUT2D eigenvalue weighted by Gasteiger charge is -2.28. The Morgan fingerprint density at radius 3 is 2.78 bits per heavy atom. The fraction of sp³-hybridized carbons (Fsp3) is 1.00. The molecule has 3 nitrogen and oxygen atoms in total. The molecular weight excluding hydrogens is 224 g/mol. The normalized spacial score (nSPS) is 26.2.